The summed E-state index contributed by atoms with van der Waals surface area (Å²) in [5.41, 5.74) is 1.70. The fourth-order valence-electron chi connectivity index (χ4n) is 3.04. The summed E-state index contributed by atoms with van der Waals surface area (Å²) in [5, 5.41) is 9.06. The summed E-state index contributed by atoms with van der Waals surface area (Å²) in [5.74, 6) is -0.462. The van der Waals surface area contributed by atoms with Crippen molar-refractivity contribution in [1.82, 2.24) is 5.01 Å². The monoisotopic (exact) mass is 463 g/mol. The Morgan fingerprint density at radius 1 is 1.25 bits per heavy atom. The van der Waals surface area contributed by atoms with Gasteiger partial charge in [-0.05, 0) is 55.3 Å². The number of esters is 1. The van der Waals surface area contributed by atoms with Crippen LogP contribution in [0.1, 0.15) is 18.1 Å². The van der Waals surface area contributed by atoms with E-state index in [1.54, 1.807) is 37.3 Å². The van der Waals surface area contributed by atoms with Gasteiger partial charge in [0.05, 0.1) is 19.4 Å². The largest absolute Gasteiger partial charge is 0.468 e. The molecule has 1 heterocycles. The van der Waals surface area contributed by atoms with Crippen LogP contribution in [0, 0.1) is 12.3 Å². The third-order valence-corrected chi connectivity index (χ3v) is 5.75. The Morgan fingerprint density at radius 3 is 2.54 bits per heavy atom. The van der Waals surface area contributed by atoms with Gasteiger partial charge in [0.1, 0.15) is 5.41 Å². The number of urea groups is 1. The SMILES string of the molecule is COC(=O)C1(C)CN(C(=O)Nc2ccc(Br)c(C)c2)N=C1c1ccc(Cl)cc1. The van der Waals surface area contributed by atoms with E-state index in [2.05, 4.69) is 26.3 Å². The van der Waals surface area contributed by atoms with Crippen LogP contribution in [0.25, 0.3) is 0 Å². The van der Waals surface area contributed by atoms with Crippen LogP contribution in [0.15, 0.2) is 52.0 Å². The number of hydrazone groups is 1. The summed E-state index contributed by atoms with van der Waals surface area (Å²) in [6, 6.07) is 12.0. The van der Waals surface area contributed by atoms with Crippen LogP contribution in [0.3, 0.4) is 0 Å². The number of hydrogen-bond acceptors (Lipinski definition) is 4. The molecule has 3 rings (SSSR count). The first-order chi connectivity index (χ1) is 13.2. The predicted molar refractivity (Wildman–Crippen MR) is 113 cm³/mol. The van der Waals surface area contributed by atoms with E-state index in [1.165, 1.54) is 12.1 Å². The summed E-state index contributed by atoms with van der Waals surface area (Å²) in [6.07, 6.45) is 0. The molecule has 0 aromatic heterocycles. The minimum Gasteiger partial charge on any atom is -0.468 e. The molecule has 0 radical (unpaired) electrons. The average Bonchev–Trinajstić information content (AvgIpc) is 3.03. The Morgan fingerprint density at radius 2 is 1.93 bits per heavy atom. The molecule has 0 fully saturated rings. The van der Waals surface area contributed by atoms with Crippen molar-refractivity contribution in [3.63, 3.8) is 0 Å². The lowest BCUT2D eigenvalue weighted by atomic mass is 9.82. The van der Waals surface area contributed by atoms with Crippen LogP contribution in [0.4, 0.5) is 10.5 Å². The number of amides is 2. The zero-order chi connectivity index (χ0) is 20.5. The van der Waals surface area contributed by atoms with Crippen LogP contribution < -0.4 is 5.32 Å². The number of ether oxygens (including phenoxy) is 1. The van der Waals surface area contributed by atoms with Gasteiger partial charge < -0.3 is 10.1 Å². The van der Waals surface area contributed by atoms with Gasteiger partial charge in [-0.2, -0.15) is 5.10 Å². The van der Waals surface area contributed by atoms with Gasteiger partial charge in [-0.15, -0.1) is 0 Å². The topological polar surface area (TPSA) is 71.0 Å². The lowest BCUT2D eigenvalue weighted by Gasteiger charge is -2.23. The number of nitrogens with zero attached hydrogens (tertiary/aromatic N) is 2. The minimum atomic E-state index is -1.09. The number of halogens is 2. The highest BCUT2D eigenvalue weighted by atomic mass is 79.9. The van der Waals surface area contributed by atoms with Crippen molar-refractivity contribution >= 4 is 50.9 Å². The Hall–Kier alpha value is -2.38. The molecule has 0 saturated heterocycles. The number of aryl methyl sites for hydroxylation is 1. The van der Waals surface area contributed by atoms with E-state index in [1.807, 2.05) is 19.1 Å². The smallest absolute Gasteiger partial charge is 0.342 e. The van der Waals surface area contributed by atoms with E-state index in [9.17, 15) is 9.59 Å². The number of hydrogen-bond donors (Lipinski definition) is 1. The van der Waals surface area contributed by atoms with Crippen molar-refractivity contribution in [2.75, 3.05) is 19.0 Å². The molecule has 1 unspecified atom stereocenters. The molecule has 8 heteroatoms. The zero-order valence-electron chi connectivity index (χ0n) is 15.6. The molecule has 6 nitrogen and oxygen atoms in total. The summed E-state index contributed by atoms with van der Waals surface area (Å²) >= 11 is 9.40. The highest BCUT2D eigenvalue weighted by Gasteiger charge is 2.48. The summed E-state index contributed by atoms with van der Waals surface area (Å²) in [4.78, 5) is 25.3. The summed E-state index contributed by atoms with van der Waals surface area (Å²) in [7, 11) is 1.32. The second-order valence-electron chi connectivity index (χ2n) is 6.73. The molecule has 2 aromatic carbocycles. The standard InChI is InChI=1S/C20H19BrClN3O3/c1-12-10-15(8-9-16(12)21)23-19(27)25-11-20(2,18(26)28-3)17(24-25)13-4-6-14(22)7-5-13/h4-10H,11H2,1-3H3,(H,23,27). The highest BCUT2D eigenvalue weighted by molar-refractivity contribution is 9.10. The van der Waals surface area contributed by atoms with E-state index in [0.29, 0.717) is 22.0 Å². The number of carbonyl (C=O) groups is 2. The van der Waals surface area contributed by atoms with Gasteiger partial charge in [0.25, 0.3) is 0 Å². The minimum absolute atomic E-state index is 0.0684. The molecule has 2 amide bonds. The van der Waals surface area contributed by atoms with Gasteiger partial charge in [-0.3, -0.25) is 4.79 Å². The number of nitrogens with one attached hydrogen (secondary N) is 1. The quantitative estimate of drug-likeness (QED) is 0.661. The summed E-state index contributed by atoms with van der Waals surface area (Å²) in [6.45, 7) is 3.71. The molecule has 1 N–H and O–H groups in total. The van der Waals surface area contributed by atoms with Gasteiger partial charge in [-0.25, -0.2) is 9.80 Å². The van der Waals surface area contributed by atoms with E-state index in [-0.39, 0.29) is 6.54 Å². The van der Waals surface area contributed by atoms with E-state index in [0.717, 1.165) is 10.0 Å². The summed E-state index contributed by atoms with van der Waals surface area (Å²) < 4.78 is 5.93. The van der Waals surface area contributed by atoms with Crippen LogP contribution in [-0.2, 0) is 9.53 Å². The van der Waals surface area contributed by atoms with Crippen molar-refractivity contribution < 1.29 is 14.3 Å². The van der Waals surface area contributed by atoms with E-state index < -0.39 is 17.4 Å². The van der Waals surface area contributed by atoms with Crippen LogP contribution >= 0.6 is 27.5 Å². The maximum Gasteiger partial charge on any atom is 0.342 e. The number of carbonyl (C=O) groups excluding carboxylic acids is 2. The zero-order valence-corrected chi connectivity index (χ0v) is 18.0. The molecule has 146 valence electrons. The molecule has 0 spiro atoms. The lowest BCUT2D eigenvalue weighted by Crippen LogP contribution is -2.42. The van der Waals surface area contributed by atoms with Crippen LogP contribution in [0.5, 0.6) is 0 Å². The third kappa shape index (κ3) is 3.91. The van der Waals surface area contributed by atoms with E-state index >= 15 is 0 Å². The molecule has 0 bridgehead atoms. The highest BCUT2D eigenvalue weighted by Crippen LogP contribution is 2.33. The Kier molecular flexibility index (Phi) is 5.76. The second-order valence-corrected chi connectivity index (χ2v) is 8.02. The van der Waals surface area contributed by atoms with Gasteiger partial charge in [0, 0.05) is 15.2 Å². The molecule has 2 aromatic rings. The first kappa shape index (κ1) is 20.4. The van der Waals surface area contributed by atoms with Gasteiger partial charge in [0.2, 0.25) is 0 Å². The molecular formula is C20H19BrClN3O3. The number of anilines is 1. The van der Waals surface area contributed by atoms with Crippen molar-refractivity contribution in [3.8, 4) is 0 Å². The van der Waals surface area contributed by atoms with E-state index in [4.69, 9.17) is 16.3 Å². The first-order valence-electron chi connectivity index (χ1n) is 8.52. The molecule has 28 heavy (non-hydrogen) atoms. The molecule has 1 atom stereocenters. The second kappa shape index (κ2) is 7.93. The lowest BCUT2D eigenvalue weighted by molar-refractivity contribution is -0.147. The number of methoxy groups -OCH3 is 1. The molecular weight excluding hydrogens is 446 g/mol. The Balaban J connectivity index is 1.91. The molecule has 1 aliphatic rings. The van der Waals surface area contributed by atoms with Crippen molar-refractivity contribution in [2.45, 2.75) is 13.8 Å². The predicted octanol–water partition coefficient (Wildman–Crippen LogP) is 4.84. The number of rotatable bonds is 3. The molecule has 0 aliphatic carbocycles. The maximum absolute atomic E-state index is 12.8. The van der Waals surface area contributed by atoms with Gasteiger partial charge in [-0.1, -0.05) is 39.7 Å². The Labute approximate surface area is 176 Å². The number of benzene rings is 2. The first-order valence-corrected chi connectivity index (χ1v) is 9.70. The van der Waals surface area contributed by atoms with Crippen molar-refractivity contribution in [2.24, 2.45) is 10.5 Å². The fraction of sp³-hybridized carbons (Fsp3) is 0.250. The third-order valence-electron chi connectivity index (χ3n) is 4.61. The molecule has 0 saturated carbocycles. The van der Waals surface area contributed by atoms with Crippen LogP contribution in [0.2, 0.25) is 5.02 Å². The van der Waals surface area contributed by atoms with Crippen molar-refractivity contribution in [1.29, 1.82) is 0 Å². The van der Waals surface area contributed by atoms with Gasteiger partial charge >= 0.3 is 12.0 Å². The van der Waals surface area contributed by atoms with Gasteiger partial charge in [0.15, 0.2) is 0 Å². The van der Waals surface area contributed by atoms with Crippen LogP contribution in [-0.4, -0.2) is 36.4 Å². The van der Waals surface area contributed by atoms with Crippen molar-refractivity contribution in [3.05, 3.63) is 63.1 Å². The maximum atomic E-state index is 12.8. The fourth-order valence-corrected chi connectivity index (χ4v) is 3.41. The molecule has 1 aliphatic heterocycles. The Bertz CT molecular complexity index is 962. The normalized spacial score (nSPS) is 18.6. The average molecular weight is 465 g/mol.